The van der Waals surface area contributed by atoms with Gasteiger partial charge >= 0.3 is 0 Å². The van der Waals surface area contributed by atoms with Gasteiger partial charge in [-0.3, -0.25) is 9.59 Å². The Bertz CT molecular complexity index is 1460. The fourth-order valence-corrected chi connectivity index (χ4v) is 4.95. The highest BCUT2D eigenvalue weighted by molar-refractivity contribution is 8.03. The number of nitrogens with zero attached hydrogens (tertiary/aromatic N) is 1. The average Bonchev–Trinajstić information content (AvgIpc) is 3.41. The van der Waals surface area contributed by atoms with Crippen molar-refractivity contribution < 1.29 is 18.4 Å². The van der Waals surface area contributed by atoms with E-state index in [9.17, 15) is 19.2 Å². The highest BCUT2D eigenvalue weighted by Gasteiger charge is 2.36. The van der Waals surface area contributed by atoms with E-state index in [0.717, 1.165) is 17.3 Å². The summed E-state index contributed by atoms with van der Waals surface area (Å²) in [6.45, 7) is 3.48. The van der Waals surface area contributed by atoms with E-state index in [1.54, 1.807) is 50.2 Å². The maximum absolute atomic E-state index is 14.2. The summed E-state index contributed by atoms with van der Waals surface area (Å²) in [5.41, 5.74) is 2.22. The molecule has 37 heavy (non-hydrogen) atoms. The first-order valence-corrected chi connectivity index (χ1v) is 12.6. The van der Waals surface area contributed by atoms with E-state index >= 15 is 0 Å². The van der Waals surface area contributed by atoms with E-state index in [1.165, 1.54) is 24.5 Å². The number of para-hydroxylation sites is 1. The van der Waals surface area contributed by atoms with Crippen molar-refractivity contribution in [3.8, 4) is 6.07 Å². The minimum Gasteiger partial charge on any atom is -0.468 e. The molecule has 0 bridgehead atoms. The van der Waals surface area contributed by atoms with Crippen LogP contribution in [0.25, 0.3) is 0 Å². The van der Waals surface area contributed by atoms with Gasteiger partial charge in [-0.05, 0) is 55.8 Å². The smallest absolute Gasteiger partial charge is 0.254 e. The molecular formula is C27H22ClFN4O3S. The molecule has 0 unspecified atom stereocenters. The molecular weight excluding hydrogens is 515 g/mol. The number of carbonyl (C=O) groups excluding carboxylic acids is 2. The van der Waals surface area contributed by atoms with Gasteiger partial charge in [0.05, 0.1) is 45.9 Å². The zero-order chi connectivity index (χ0) is 26.5. The third-order valence-electron chi connectivity index (χ3n) is 5.73. The summed E-state index contributed by atoms with van der Waals surface area (Å²) >= 11 is 7.26. The normalized spacial score (nSPS) is 15.2. The van der Waals surface area contributed by atoms with Crippen molar-refractivity contribution in [1.82, 2.24) is 5.32 Å². The molecule has 10 heteroatoms. The number of allylic oxidation sites excluding steroid dienone is 2. The lowest BCUT2D eigenvalue weighted by atomic mass is 9.85. The fraction of sp³-hybridized carbons (Fsp3) is 0.148. The Kier molecular flexibility index (Phi) is 8.01. The largest absolute Gasteiger partial charge is 0.468 e. The van der Waals surface area contributed by atoms with Crippen molar-refractivity contribution in [1.29, 1.82) is 5.26 Å². The van der Waals surface area contributed by atoms with Gasteiger partial charge in [-0.15, -0.1) is 0 Å². The van der Waals surface area contributed by atoms with E-state index in [2.05, 4.69) is 22.0 Å². The molecule has 1 atom stereocenters. The molecule has 1 aliphatic rings. The number of hydrogen-bond donors (Lipinski definition) is 3. The number of benzene rings is 2. The standard InChI is InChI=1S/C27H22ClFN4O3S/c1-15-18(28)7-5-10-20(15)32-23(34)14-37-27-17(13-30)25(22-11-6-12-36-22)24(16(2)31-27)26(35)33-21-9-4-3-8-19(21)29/h3-12,25,31H,14H2,1-2H3,(H,32,34)(H,33,35)/t25-/m0/s1. The zero-order valence-electron chi connectivity index (χ0n) is 19.9. The Labute approximate surface area is 222 Å². The SMILES string of the molecule is CC1=C(C(=O)Nc2ccccc2F)[C@H](c2ccco2)C(C#N)=C(SCC(=O)Nc2cccc(Cl)c2C)N1. The second kappa shape index (κ2) is 11.4. The lowest BCUT2D eigenvalue weighted by Gasteiger charge is -2.28. The summed E-state index contributed by atoms with van der Waals surface area (Å²) in [6, 6.07) is 16.5. The molecule has 7 nitrogen and oxygen atoms in total. The number of furan rings is 1. The number of dihydropyridines is 1. The van der Waals surface area contributed by atoms with Crippen molar-refractivity contribution in [2.24, 2.45) is 0 Å². The lowest BCUT2D eigenvalue weighted by Crippen LogP contribution is -2.31. The molecule has 4 rings (SSSR count). The summed E-state index contributed by atoms with van der Waals surface area (Å²) in [7, 11) is 0. The quantitative estimate of drug-likeness (QED) is 0.337. The monoisotopic (exact) mass is 536 g/mol. The van der Waals surface area contributed by atoms with Crippen molar-refractivity contribution >= 4 is 46.6 Å². The van der Waals surface area contributed by atoms with Crippen molar-refractivity contribution in [3.05, 3.63) is 105 Å². The van der Waals surface area contributed by atoms with E-state index < -0.39 is 17.6 Å². The van der Waals surface area contributed by atoms with Gasteiger partial charge in [0.15, 0.2) is 0 Å². The third-order valence-corrected chi connectivity index (χ3v) is 7.16. The summed E-state index contributed by atoms with van der Waals surface area (Å²) in [5, 5.41) is 19.5. The predicted molar refractivity (Wildman–Crippen MR) is 142 cm³/mol. The van der Waals surface area contributed by atoms with E-state index in [1.807, 2.05) is 0 Å². The van der Waals surface area contributed by atoms with Gasteiger partial charge in [-0.1, -0.05) is 41.6 Å². The Morgan fingerprint density at radius 1 is 1.11 bits per heavy atom. The topological polar surface area (TPSA) is 107 Å². The minimum absolute atomic E-state index is 0.00558. The van der Waals surface area contributed by atoms with Crippen LogP contribution >= 0.6 is 23.4 Å². The molecule has 188 valence electrons. The number of hydrogen-bond acceptors (Lipinski definition) is 6. The molecule has 2 amide bonds. The van der Waals surface area contributed by atoms with Crippen molar-refractivity contribution in [2.45, 2.75) is 19.8 Å². The first-order valence-electron chi connectivity index (χ1n) is 11.2. The van der Waals surface area contributed by atoms with Crippen LogP contribution in [0.4, 0.5) is 15.8 Å². The van der Waals surface area contributed by atoms with Crippen LogP contribution in [0.3, 0.4) is 0 Å². The zero-order valence-corrected chi connectivity index (χ0v) is 21.5. The first-order chi connectivity index (χ1) is 17.8. The highest BCUT2D eigenvalue weighted by atomic mass is 35.5. The van der Waals surface area contributed by atoms with Gasteiger partial charge in [0.2, 0.25) is 5.91 Å². The maximum atomic E-state index is 14.2. The van der Waals surface area contributed by atoms with Gasteiger partial charge in [0.25, 0.3) is 5.91 Å². The maximum Gasteiger partial charge on any atom is 0.254 e. The number of nitrogens with one attached hydrogen (secondary N) is 3. The Balaban J connectivity index is 1.59. The summed E-state index contributed by atoms with van der Waals surface area (Å²) in [6.07, 6.45) is 1.45. The van der Waals surface area contributed by atoms with Crippen LogP contribution in [0, 0.1) is 24.1 Å². The molecule has 2 aromatic carbocycles. The average molecular weight is 537 g/mol. The van der Waals surface area contributed by atoms with Crippen LogP contribution in [0.5, 0.6) is 0 Å². The van der Waals surface area contributed by atoms with Crippen LogP contribution < -0.4 is 16.0 Å². The molecule has 0 fully saturated rings. The van der Waals surface area contributed by atoms with Crippen molar-refractivity contribution in [2.75, 3.05) is 16.4 Å². The van der Waals surface area contributed by atoms with Crippen molar-refractivity contribution in [3.63, 3.8) is 0 Å². The number of thioether (sulfide) groups is 1. The Morgan fingerprint density at radius 2 is 1.86 bits per heavy atom. The summed E-state index contributed by atoms with van der Waals surface area (Å²) in [4.78, 5) is 26.0. The van der Waals surface area contributed by atoms with Gasteiger partial charge in [0.1, 0.15) is 11.6 Å². The van der Waals surface area contributed by atoms with E-state index in [4.69, 9.17) is 16.0 Å². The molecule has 1 aromatic heterocycles. The Morgan fingerprint density at radius 3 is 2.57 bits per heavy atom. The first kappa shape index (κ1) is 26.1. The van der Waals surface area contributed by atoms with Crippen LogP contribution in [-0.2, 0) is 9.59 Å². The van der Waals surface area contributed by atoms with Crippen LogP contribution in [-0.4, -0.2) is 17.6 Å². The highest BCUT2D eigenvalue weighted by Crippen LogP contribution is 2.41. The van der Waals surface area contributed by atoms with E-state index in [-0.39, 0.29) is 28.5 Å². The van der Waals surface area contributed by atoms with E-state index in [0.29, 0.717) is 27.2 Å². The molecule has 0 radical (unpaired) electrons. The second-order valence-corrected chi connectivity index (χ2v) is 9.54. The molecule has 3 N–H and O–H groups in total. The number of carbonyl (C=O) groups is 2. The predicted octanol–water partition coefficient (Wildman–Crippen LogP) is 6.09. The van der Waals surface area contributed by atoms with Gasteiger partial charge in [0, 0.05) is 16.4 Å². The Hall–Kier alpha value is -4.00. The van der Waals surface area contributed by atoms with Crippen LogP contribution in [0.1, 0.15) is 24.2 Å². The lowest BCUT2D eigenvalue weighted by molar-refractivity contribution is -0.114. The second-order valence-electron chi connectivity index (χ2n) is 8.15. The number of halogens is 2. The fourth-order valence-electron chi connectivity index (χ4n) is 3.89. The molecule has 2 heterocycles. The van der Waals surface area contributed by atoms with Gasteiger partial charge < -0.3 is 20.4 Å². The van der Waals surface area contributed by atoms with Gasteiger partial charge in [-0.2, -0.15) is 5.26 Å². The number of nitriles is 1. The van der Waals surface area contributed by atoms with Crippen LogP contribution in [0.15, 0.2) is 87.1 Å². The molecule has 0 spiro atoms. The molecule has 1 aliphatic heterocycles. The molecule has 0 saturated carbocycles. The summed E-state index contributed by atoms with van der Waals surface area (Å²) < 4.78 is 19.8. The number of anilines is 2. The molecule has 0 aliphatic carbocycles. The summed E-state index contributed by atoms with van der Waals surface area (Å²) in [5.74, 6) is -1.94. The number of amides is 2. The number of rotatable bonds is 7. The van der Waals surface area contributed by atoms with Crippen LogP contribution in [0.2, 0.25) is 5.02 Å². The molecule has 0 saturated heterocycles. The molecule has 3 aromatic rings. The third kappa shape index (κ3) is 5.71. The minimum atomic E-state index is -0.853. The van der Waals surface area contributed by atoms with Gasteiger partial charge in [-0.25, -0.2) is 4.39 Å².